The van der Waals surface area contributed by atoms with Crippen molar-refractivity contribution < 1.29 is 0 Å². The number of nitrogens with two attached hydrogens (primary N) is 1. The minimum Gasteiger partial charge on any atom is -0.379 e. The van der Waals surface area contributed by atoms with Gasteiger partial charge in [-0.1, -0.05) is 36.0 Å². The maximum atomic E-state index is 6.10. The molecule has 1 aromatic carbocycles. The second-order valence-corrected chi connectivity index (χ2v) is 7.06. The van der Waals surface area contributed by atoms with E-state index in [1.54, 1.807) is 11.8 Å². The summed E-state index contributed by atoms with van der Waals surface area (Å²) >= 11 is 1.58. The van der Waals surface area contributed by atoms with Gasteiger partial charge >= 0.3 is 0 Å². The van der Waals surface area contributed by atoms with Crippen molar-refractivity contribution in [1.82, 2.24) is 15.0 Å². The summed E-state index contributed by atoms with van der Waals surface area (Å²) in [5, 5.41) is 0.827. The first-order valence-electron chi connectivity index (χ1n) is 8.06. The topological polar surface area (TPSA) is 77.0 Å². The van der Waals surface area contributed by atoms with Crippen molar-refractivity contribution in [2.24, 2.45) is 10.7 Å². The molecule has 0 saturated heterocycles. The van der Waals surface area contributed by atoms with E-state index in [1.807, 2.05) is 42.9 Å². The zero-order valence-corrected chi connectivity index (χ0v) is 14.3. The van der Waals surface area contributed by atoms with Crippen LogP contribution < -0.4 is 5.73 Å². The molecule has 3 aromatic rings. The maximum Gasteiger partial charge on any atom is 0.155 e. The normalized spacial score (nSPS) is 20.1. The van der Waals surface area contributed by atoms with Crippen molar-refractivity contribution in [3.8, 4) is 11.1 Å². The summed E-state index contributed by atoms with van der Waals surface area (Å²) in [5.74, 6) is 0. The summed E-state index contributed by atoms with van der Waals surface area (Å²) < 4.78 is 0. The van der Waals surface area contributed by atoms with Gasteiger partial charge in [-0.2, -0.15) is 0 Å². The van der Waals surface area contributed by atoms with Crippen molar-refractivity contribution in [3.63, 3.8) is 0 Å². The fourth-order valence-corrected chi connectivity index (χ4v) is 3.98. The molecular weight excluding hydrogens is 330 g/mol. The zero-order valence-electron chi connectivity index (χ0n) is 13.5. The van der Waals surface area contributed by atoms with Crippen LogP contribution in [0.4, 0.5) is 0 Å². The highest BCUT2D eigenvalue weighted by atomic mass is 32.2. The molecule has 2 N–H and O–H groups in total. The number of hydrogen-bond donors (Lipinski definition) is 1. The highest BCUT2D eigenvalue weighted by Crippen LogP contribution is 2.42. The highest BCUT2D eigenvalue weighted by molar-refractivity contribution is 8.14. The Morgan fingerprint density at radius 3 is 2.68 bits per heavy atom. The standard InChI is InChI=1S/C19H17N5S/c20-19-24-17(9-18(25-19)16-6-1-2-7-23-16)14-5-3-4-13(8-14)15-10-21-12-22-11-15/h1-8,10-12,17-18H,9H2,(H2,20,24). The van der Waals surface area contributed by atoms with E-state index in [1.165, 1.54) is 6.33 Å². The monoisotopic (exact) mass is 347 g/mol. The van der Waals surface area contributed by atoms with E-state index in [4.69, 9.17) is 5.73 Å². The Hall–Kier alpha value is -2.73. The molecule has 1 aliphatic rings. The lowest BCUT2D eigenvalue weighted by Gasteiger charge is -2.26. The molecule has 0 saturated carbocycles. The number of aromatic nitrogens is 3. The summed E-state index contributed by atoms with van der Waals surface area (Å²) in [7, 11) is 0. The van der Waals surface area contributed by atoms with E-state index < -0.39 is 0 Å². The number of rotatable bonds is 3. The third-order valence-corrected chi connectivity index (χ3v) is 5.23. The van der Waals surface area contributed by atoms with Gasteiger partial charge < -0.3 is 5.73 Å². The van der Waals surface area contributed by atoms with Gasteiger partial charge in [0.25, 0.3) is 0 Å². The number of aliphatic imine (C=N–C) groups is 1. The summed E-state index contributed by atoms with van der Waals surface area (Å²) in [6, 6.07) is 14.4. The molecule has 0 fully saturated rings. The molecule has 4 rings (SSSR count). The summed E-state index contributed by atoms with van der Waals surface area (Å²) in [6.45, 7) is 0. The number of amidine groups is 1. The highest BCUT2D eigenvalue weighted by Gasteiger charge is 2.26. The van der Waals surface area contributed by atoms with Crippen LogP contribution in [-0.2, 0) is 0 Å². The zero-order chi connectivity index (χ0) is 17.1. The van der Waals surface area contributed by atoms with Crippen LogP contribution in [0.1, 0.15) is 29.0 Å². The summed E-state index contributed by atoms with van der Waals surface area (Å²) in [6.07, 6.45) is 7.86. The molecule has 0 spiro atoms. The van der Waals surface area contributed by atoms with Crippen LogP contribution in [0.15, 0.2) is 72.4 Å². The molecule has 25 heavy (non-hydrogen) atoms. The molecule has 0 aliphatic carbocycles. The average molecular weight is 347 g/mol. The molecule has 1 aliphatic heterocycles. The Bertz CT molecular complexity index is 883. The van der Waals surface area contributed by atoms with E-state index in [-0.39, 0.29) is 11.3 Å². The first-order valence-corrected chi connectivity index (χ1v) is 8.94. The number of nitrogens with zero attached hydrogens (tertiary/aromatic N) is 4. The largest absolute Gasteiger partial charge is 0.379 e. The summed E-state index contributed by atoms with van der Waals surface area (Å²) in [4.78, 5) is 17.3. The van der Waals surface area contributed by atoms with E-state index in [0.717, 1.165) is 28.8 Å². The van der Waals surface area contributed by atoms with Crippen LogP contribution in [0, 0.1) is 0 Å². The second-order valence-electron chi connectivity index (χ2n) is 5.83. The minimum atomic E-state index is 0.0258. The lowest BCUT2D eigenvalue weighted by Crippen LogP contribution is -2.19. The molecule has 5 nitrogen and oxygen atoms in total. The molecule has 0 bridgehead atoms. The van der Waals surface area contributed by atoms with Gasteiger partial charge in [0, 0.05) is 24.2 Å². The predicted molar refractivity (Wildman–Crippen MR) is 101 cm³/mol. The van der Waals surface area contributed by atoms with Gasteiger partial charge in [-0.15, -0.1) is 0 Å². The average Bonchev–Trinajstić information content (AvgIpc) is 2.69. The first kappa shape index (κ1) is 15.8. The first-order chi connectivity index (χ1) is 12.3. The molecular formula is C19H17N5S. The molecule has 2 unspecified atom stereocenters. The number of pyridine rings is 1. The Morgan fingerprint density at radius 2 is 1.88 bits per heavy atom. The van der Waals surface area contributed by atoms with Crippen LogP contribution in [0.2, 0.25) is 0 Å². The number of benzene rings is 1. The van der Waals surface area contributed by atoms with E-state index >= 15 is 0 Å². The van der Waals surface area contributed by atoms with E-state index in [2.05, 4.69) is 38.1 Å². The fraction of sp³-hybridized carbons (Fsp3) is 0.158. The van der Waals surface area contributed by atoms with Crippen molar-refractivity contribution in [2.75, 3.05) is 0 Å². The lowest BCUT2D eigenvalue weighted by molar-refractivity contribution is 0.632. The Balaban J connectivity index is 1.64. The van der Waals surface area contributed by atoms with Gasteiger partial charge in [0.1, 0.15) is 6.33 Å². The molecule has 2 aromatic heterocycles. The van der Waals surface area contributed by atoms with Crippen LogP contribution in [0.25, 0.3) is 11.1 Å². The Labute approximate surface area is 150 Å². The minimum absolute atomic E-state index is 0.0258. The molecule has 0 radical (unpaired) electrons. The second kappa shape index (κ2) is 7.03. The SMILES string of the molecule is NC1=NC(c2cccc(-c3cncnc3)c2)CC(c2ccccn2)S1. The fourth-order valence-electron chi connectivity index (χ4n) is 2.97. The quantitative estimate of drug-likeness (QED) is 0.780. The molecule has 6 heteroatoms. The van der Waals surface area contributed by atoms with Gasteiger partial charge in [-0.3, -0.25) is 9.98 Å². The van der Waals surface area contributed by atoms with Gasteiger partial charge in [0.05, 0.1) is 17.0 Å². The molecule has 0 amide bonds. The Morgan fingerprint density at radius 1 is 1.00 bits per heavy atom. The van der Waals surface area contributed by atoms with Crippen molar-refractivity contribution in [3.05, 3.63) is 78.6 Å². The van der Waals surface area contributed by atoms with Crippen molar-refractivity contribution in [2.45, 2.75) is 17.7 Å². The van der Waals surface area contributed by atoms with Crippen molar-refractivity contribution in [1.29, 1.82) is 0 Å². The third kappa shape index (κ3) is 3.53. The molecule has 2 atom stereocenters. The van der Waals surface area contributed by atoms with E-state index in [9.17, 15) is 0 Å². The van der Waals surface area contributed by atoms with Gasteiger partial charge in [0.2, 0.25) is 0 Å². The van der Waals surface area contributed by atoms with Crippen LogP contribution in [-0.4, -0.2) is 20.1 Å². The van der Waals surface area contributed by atoms with Gasteiger partial charge in [0.15, 0.2) is 5.17 Å². The summed E-state index contributed by atoms with van der Waals surface area (Å²) in [5.41, 5.74) is 10.4. The van der Waals surface area contributed by atoms with E-state index in [0.29, 0.717) is 5.17 Å². The Kier molecular flexibility index (Phi) is 4.43. The third-order valence-electron chi connectivity index (χ3n) is 4.17. The van der Waals surface area contributed by atoms with Crippen LogP contribution in [0.5, 0.6) is 0 Å². The predicted octanol–water partition coefficient (Wildman–Crippen LogP) is 3.77. The smallest absolute Gasteiger partial charge is 0.155 e. The number of thioether (sulfide) groups is 1. The lowest BCUT2D eigenvalue weighted by atomic mass is 9.97. The molecule has 124 valence electrons. The molecule has 3 heterocycles. The van der Waals surface area contributed by atoms with Crippen molar-refractivity contribution >= 4 is 16.9 Å². The maximum absolute atomic E-state index is 6.10. The van der Waals surface area contributed by atoms with Crippen LogP contribution in [0.3, 0.4) is 0 Å². The number of hydrogen-bond acceptors (Lipinski definition) is 6. The van der Waals surface area contributed by atoms with Gasteiger partial charge in [-0.25, -0.2) is 9.97 Å². The van der Waals surface area contributed by atoms with Crippen LogP contribution >= 0.6 is 11.8 Å². The van der Waals surface area contributed by atoms with Gasteiger partial charge in [-0.05, 0) is 35.7 Å².